The minimum atomic E-state index is -3.93. The van der Waals surface area contributed by atoms with E-state index in [9.17, 15) is 13.2 Å². The lowest BCUT2D eigenvalue weighted by Gasteiger charge is -2.14. The quantitative estimate of drug-likeness (QED) is 0.313. The third-order valence-electron chi connectivity index (χ3n) is 1.50. The Balaban J connectivity index is 4.37. The molecule has 1 atom stereocenters. The van der Waals surface area contributed by atoms with Crippen molar-refractivity contribution in [1.82, 2.24) is 4.72 Å². The Morgan fingerprint density at radius 2 is 1.80 bits per heavy atom. The molecule has 0 aliphatic carbocycles. The average Bonchev–Trinajstić information content (AvgIpc) is 2.13. The van der Waals surface area contributed by atoms with Crippen LogP contribution in [0.2, 0.25) is 0 Å². The lowest BCUT2D eigenvalue weighted by Crippen LogP contribution is -2.46. The Bertz CT molecular complexity index is 299. The topological polar surface area (TPSA) is 150 Å². The summed E-state index contributed by atoms with van der Waals surface area (Å²) in [6, 6.07) is -2.59. The number of rotatable bonds is 7. The van der Waals surface area contributed by atoms with E-state index in [2.05, 4.69) is 0 Å². The molecule has 0 saturated carbocycles. The molecule has 15 heavy (non-hydrogen) atoms. The van der Waals surface area contributed by atoms with Crippen LogP contribution in [0.25, 0.3) is 0 Å². The number of aliphatic hydroxyl groups is 2. The average molecular weight is 242 g/mol. The molecule has 0 radical (unpaired) electrons. The molecule has 0 aliphatic rings. The first-order chi connectivity index (χ1) is 6.82. The standard InChI is InChI=1S/C6H14N2O6S/c7-5(6(11)12)3-15(13,14)8-4(1-9)2-10/h4-5,8-10H,1-3,7H2,(H,11,12). The molecule has 0 spiro atoms. The molecule has 0 bridgehead atoms. The third-order valence-corrected chi connectivity index (χ3v) is 2.99. The van der Waals surface area contributed by atoms with Crippen molar-refractivity contribution in [2.75, 3.05) is 19.0 Å². The summed E-state index contributed by atoms with van der Waals surface area (Å²) in [6.07, 6.45) is 0. The fourth-order valence-electron chi connectivity index (χ4n) is 0.742. The molecule has 8 nitrogen and oxygen atoms in total. The van der Waals surface area contributed by atoms with Gasteiger partial charge in [0.05, 0.1) is 25.0 Å². The molecule has 90 valence electrons. The van der Waals surface area contributed by atoms with E-state index in [1.165, 1.54) is 0 Å². The summed E-state index contributed by atoms with van der Waals surface area (Å²) in [6.45, 7) is -1.17. The van der Waals surface area contributed by atoms with Crippen molar-refractivity contribution in [1.29, 1.82) is 0 Å². The van der Waals surface area contributed by atoms with Crippen LogP contribution >= 0.6 is 0 Å². The normalized spacial score (nSPS) is 14.1. The summed E-state index contributed by atoms with van der Waals surface area (Å²) in [4.78, 5) is 10.3. The second-order valence-electron chi connectivity index (χ2n) is 2.91. The maximum Gasteiger partial charge on any atom is 0.321 e. The summed E-state index contributed by atoms with van der Waals surface area (Å²) in [5.41, 5.74) is 5.02. The van der Waals surface area contributed by atoms with Gasteiger partial charge in [0.2, 0.25) is 10.0 Å². The first-order valence-corrected chi connectivity index (χ1v) is 5.67. The highest BCUT2D eigenvalue weighted by Crippen LogP contribution is 1.92. The van der Waals surface area contributed by atoms with Crippen molar-refractivity contribution in [2.45, 2.75) is 12.1 Å². The molecule has 1 unspecified atom stereocenters. The number of nitrogens with one attached hydrogen (secondary N) is 1. The van der Waals surface area contributed by atoms with Crippen LogP contribution in [0.15, 0.2) is 0 Å². The van der Waals surface area contributed by atoms with Gasteiger partial charge in [-0.25, -0.2) is 13.1 Å². The van der Waals surface area contributed by atoms with E-state index >= 15 is 0 Å². The number of nitrogens with two attached hydrogens (primary N) is 1. The van der Waals surface area contributed by atoms with E-state index in [4.69, 9.17) is 21.1 Å². The number of sulfonamides is 1. The number of carboxylic acid groups (broad SMARTS) is 1. The molecule has 0 rings (SSSR count). The molecular formula is C6H14N2O6S. The van der Waals surface area contributed by atoms with Crippen molar-refractivity contribution < 1.29 is 28.5 Å². The largest absolute Gasteiger partial charge is 0.480 e. The van der Waals surface area contributed by atoms with Crippen LogP contribution in [0.1, 0.15) is 0 Å². The molecular weight excluding hydrogens is 228 g/mol. The molecule has 0 aromatic carbocycles. The maximum absolute atomic E-state index is 11.2. The van der Waals surface area contributed by atoms with Gasteiger partial charge in [0.25, 0.3) is 0 Å². The Hall–Kier alpha value is -0.740. The van der Waals surface area contributed by atoms with Crippen molar-refractivity contribution in [3.63, 3.8) is 0 Å². The predicted molar refractivity (Wildman–Crippen MR) is 50.5 cm³/mol. The number of carboxylic acids is 1. The van der Waals surface area contributed by atoms with Gasteiger partial charge in [-0.1, -0.05) is 0 Å². The molecule has 0 aliphatic heterocycles. The number of aliphatic hydroxyl groups excluding tert-OH is 2. The zero-order chi connectivity index (χ0) is 12.1. The Morgan fingerprint density at radius 1 is 1.33 bits per heavy atom. The third kappa shape index (κ3) is 5.64. The fraction of sp³-hybridized carbons (Fsp3) is 0.833. The minimum Gasteiger partial charge on any atom is -0.480 e. The van der Waals surface area contributed by atoms with E-state index in [1.807, 2.05) is 4.72 Å². The van der Waals surface area contributed by atoms with Crippen molar-refractivity contribution in [3.8, 4) is 0 Å². The van der Waals surface area contributed by atoms with E-state index < -0.39 is 47.0 Å². The van der Waals surface area contributed by atoms with Gasteiger partial charge in [-0.3, -0.25) is 4.79 Å². The van der Waals surface area contributed by atoms with Crippen LogP contribution in [-0.4, -0.2) is 60.8 Å². The summed E-state index contributed by atoms with van der Waals surface area (Å²) < 4.78 is 24.3. The van der Waals surface area contributed by atoms with Gasteiger partial charge in [0, 0.05) is 0 Å². The smallest absolute Gasteiger partial charge is 0.321 e. The highest BCUT2D eigenvalue weighted by Gasteiger charge is 2.23. The molecule has 6 N–H and O–H groups in total. The number of hydrogen-bond acceptors (Lipinski definition) is 6. The van der Waals surface area contributed by atoms with Crippen LogP contribution in [0.5, 0.6) is 0 Å². The van der Waals surface area contributed by atoms with Crippen molar-refractivity contribution in [2.24, 2.45) is 5.73 Å². The number of hydrogen-bond donors (Lipinski definition) is 5. The minimum absolute atomic E-state index is 0.585. The maximum atomic E-state index is 11.2. The van der Waals surface area contributed by atoms with E-state index in [0.29, 0.717) is 0 Å². The van der Waals surface area contributed by atoms with E-state index in [-0.39, 0.29) is 0 Å². The SMILES string of the molecule is NC(CS(=O)(=O)NC(CO)CO)C(=O)O. The molecule has 0 aromatic rings. The second kappa shape index (κ2) is 5.98. The second-order valence-corrected chi connectivity index (χ2v) is 4.70. The first-order valence-electron chi connectivity index (χ1n) is 4.02. The molecule has 0 heterocycles. The summed E-state index contributed by atoms with van der Waals surface area (Å²) >= 11 is 0. The Labute approximate surface area is 86.8 Å². The lowest BCUT2D eigenvalue weighted by molar-refractivity contribution is -0.137. The highest BCUT2D eigenvalue weighted by atomic mass is 32.2. The van der Waals surface area contributed by atoms with Crippen LogP contribution in [0, 0.1) is 0 Å². The zero-order valence-electron chi connectivity index (χ0n) is 7.83. The van der Waals surface area contributed by atoms with Gasteiger partial charge in [-0.05, 0) is 0 Å². The Morgan fingerprint density at radius 3 is 2.13 bits per heavy atom. The van der Waals surface area contributed by atoms with Crippen LogP contribution in [-0.2, 0) is 14.8 Å². The van der Waals surface area contributed by atoms with Gasteiger partial charge in [0.1, 0.15) is 6.04 Å². The highest BCUT2D eigenvalue weighted by molar-refractivity contribution is 7.89. The van der Waals surface area contributed by atoms with Crippen molar-refractivity contribution in [3.05, 3.63) is 0 Å². The van der Waals surface area contributed by atoms with Gasteiger partial charge >= 0.3 is 5.97 Å². The Kier molecular flexibility index (Phi) is 5.68. The fourth-order valence-corrected chi connectivity index (χ4v) is 2.11. The summed E-state index contributed by atoms with van der Waals surface area (Å²) in [5.74, 6) is -2.25. The zero-order valence-corrected chi connectivity index (χ0v) is 8.64. The molecule has 0 amide bonds. The van der Waals surface area contributed by atoms with E-state index in [1.54, 1.807) is 0 Å². The van der Waals surface area contributed by atoms with Crippen LogP contribution in [0.4, 0.5) is 0 Å². The molecule has 0 aromatic heterocycles. The van der Waals surface area contributed by atoms with Crippen LogP contribution in [0.3, 0.4) is 0 Å². The van der Waals surface area contributed by atoms with Gasteiger partial charge < -0.3 is 21.1 Å². The van der Waals surface area contributed by atoms with Gasteiger partial charge in [0.15, 0.2) is 0 Å². The number of aliphatic carboxylic acids is 1. The van der Waals surface area contributed by atoms with Crippen LogP contribution < -0.4 is 10.5 Å². The van der Waals surface area contributed by atoms with Gasteiger partial charge in [-0.15, -0.1) is 0 Å². The summed E-state index contributed by atoms with van der Waals surface area (Å²) in [5, 5.41) is 25.6. The molecule has 0 fully saturated rings. The predicted octanol–water partition coefficient (Wildman–Crippen LogP) is -3.33. The monoisotopic (exact) mass is 242 g/mol. The summed E-state index contributed by atoms with van der Waals surface area (Å²) in [7, 11) is -3.93. The number of carbonyl (C=O) groups is 1. The lowest BCUT2D eigenvalue weighted by atomic mass is 10.4. The molecule has 9 heteroatoms. The molecule has 0 saturated heterocycles. The first kappa shape index (κ1) is 14.3. The van der Waals surface area contributed by atoms with E-state index in [0.717, 1.165) is 0 Å². The van der Waals surface area contributed by atoms with Gasteiger partial charge in [-0.2, -0.15) is 0 Å². The van der Waals surface area contributed by atoms with Crippen molar-refractivity contribution >= 4 is 16.0 Å².